The van der Waals surface area contributed by atoms with E-state index in [-0.39, 0.29) is 31.2 Å². The van der Waals surface area contributed by atoms with E-state index >= 15 is 0 Å². The molecule has 0 spiro atoms. The zero-order valence-electron chi connectivity index (χ0n) is 17.1. The van der Waals surface area contributed by atoms with Gasteiger partial charge in [-0.2, -0.15) is 0 Å². The molecule has 1 aliphatic heterocycles. The summed E-state index contributed by atoms with van der Waals surface area (Å²) in [7, 11) is 1.46. The number of rotatable bonds is 8. The summed E-state index contributed by atoms with van der Waals surface area (Å²) < 4.78 is 20.7. The van der Waals surface area contributed by atoms with Crippen LogP contribution in [-0.4, -0.2) is 44.8 Å². The molecule has 0 unspecified atom stereocenters. The number of hydrogen-bond acceptors (Lipinski definition) is 7. The third-order valence-electron chi connectivity index (χ3n) is 4.24. The van der Waals surface area contributed by atoms with Crippen LogP contribution in [0.4, 0.5) is 0 Å². The predicted molar refractivity (Wildman–Crippen MR) is 111 cm³/mol. The fourth-order valence-corrected chi connectivity index (χ4v) is 2.80. The van der Waals surface area contributed by atoms with Crippen LogP contribution in [-0.2, 0) is 14.3 Å². The molecule has 2 aromatic carbocycles. The van der Waals surface area contributed by atoms with Gasteiger partial charge in [-0.05, 0) is 35.9 Å². The molecule has 3 rings (SSSR count). The third kappa shape index (κ3) is 5.75. The number of para-hydroxylation sites is 1. The molecular weight excluding hydrogens is 404 g/mol. The van der Waals surface area contributed by atoms with Crippen LogP contribution in [0.1, 0.15) is 22.8 Å². The summed E-state index contributed by atoms with van der Waals surface area (Å²) >= 11 is 0. The maximum atomic E-state index is 12.8. The minimum atomic E-state index is -0.548. The lowest BCUT2D eigenvalue weighted by Gasteiger charge is -2.13. The molecule has 0 saturated heterocycles. The van der Waals surface area contributed by atoms with Crippen molar-refractivity contribution < 1.29 is 33.3 Å². The highest BCUT2D eigenvalue weighted by atomic mass is 16.7. The number of ether oxygens (including phenoxy) is 4. The average molecular weight is 426 g/mol. The lowest BCUT2D eigenvalue weighted by atomic mass is 10.1. The number of esters is 1. The van der Waals surface area contributed by atoms with Gasteiger partial charge in [0.25, 0.3) is 11.8 Å². The molecule has 0 fully saturated rings. The van der Waals surface area contributed by atoms with Crippen molar-refractivity contribution >= 4 is 23.9 Å². The Kier molecular flexibility index (Phi) is 7.10. The van der Waals surface area contributed by atoms with Crippen LogP contribution in [0.2, 0.25) is 0 Å². The summed E-state index contributed by atoms with van der Waals surface area (Å²) in [4.78, 5) is 36.4. The number of fused-ring (bicyclic) bond motifs is 1. The van der Waals surface area contributed by atoms with E-state index in [9.17, 15) is 14.4 Å². The van der Waals surface area contributed by atoms with Crippen molar-refractivity contribution in [3.8, 4) is 17.2 Å². The molecule has 9 nitrogen and oxygen atoms in total. The van der Waals surface area contributed by atoms with Crippen molar-refractivity contribution in [2.45, 2.75) is 6.92 Å². The SMILES string of the molecule is COc1ccccc1C(=O)N/C(=C/c1ccc2c(c1)OCO2)C(=O)NCCOC(C)=O. The molecular formula is C22H22N2O7. The Labute approximate surface area is 178 Å². The van der Waals surface area contributed by atoms with Crippen LogP contribution in [0.3, 0.4) is 0 Å². The van der Waals surface area contributed by atoms with Crippen LogP contribution in [0.15, 0.2) is 48.2 Å². The zero-order chi connectivity index (χ0) is 22.2. The van der Waals surface area contributed by atoms with Crippen molar-refractivity contribution in [1.29, 1.82) is 0 Å². The van der Waals surface area contributed by atoms with Crippen LogP contribution in [0.25, 0.3) is 6.08 Å². The van der Waals surface area contributed by atoms with Gasteiger partial charge in [-0.3, -0.25) is 14.4 Å². The molecule has 1 aliphatic rings. The monoisotopic (exact) mass is 426 g/mol. The number of nitrogens with one attached hydrogen (secondary N) is 2. The molecule has 0 radical (unpaired) electrons. The minimum Gasteiger partial charge on any atom is -0.496 e. The van der Waals surface area contributed by atoms with Crippen molar-refractivity contribution in [1.82, 2.24) is 10.6 Å². The highest BCUT2D eigenvalue weighted by molar-refractivity contribution is 6.06. The normalized spacial score (nSPS) is 12.1. The van der Waals surface area contributed by atoms with Gasteiger partial charge >= 0.3 is 5.97 Å². The Hall–Kier alpha value is -4.01. The van der Waals surface area contributed by atoms with Gasteiger partial charge in [0, 0.05) is 6.92 Å². The van der Waals surface area contributed by atoms with E-state index in [1.54, 1.807) is 42.5 Å². The van der Waals surface area contributed by atoms with E-state index in [2.05, 4.69) is 10.6 Å². The zero-order valence-corrected chi connectivity index (χ0v) is 17.1. The van der Waals surface area contributed by atoms with Gasteiger partial charge in [0.05, 0.1) is 19.2 Å². The Morgan fingerprint density at radius 2 is 1.87 bits per heavy atom. The second kappa shape index (κ2) is 10.1. The summed E-state index contributed by atoms with van der Waals surface area (Å²) in [5.74, 6) is 0.00204. The van der Waals surface area contributed by atoms with Gasteiger partial charge in [0.1, 0.15) is 18.1 Å². The Morgan fingerprint density at radius 1 is 1.10 bits per heavy atom. The Balaban J connectivity index is 1.82. The molecule has 1 heterocycles. The summed E-state index contributed by atoms with van der Waals surface area (Å²) in [5.41, 5.74) is 0.890. The molecule has 0 bridgehead atoms. The average Bonchev–Trinajstić information content (AvgIpc) is 3.23. The summed E-state index contributed by atoms with van der Waals surface area (Å²) in [6.07, 6.45) is 1.51. The number of benzene rings is 2. The first kappa shape index (κ1) is 21.7. The number of hydrogen-bond donors (Lipinski definition) is 2. The van der Waals surface area contributed by atoms with Crippen LogP contribution < -0.4 is 24.8 Å². The van der Waals surface area contributed by atoms with E-state index in [1.807, 2.05) is 0 Å². The van der Waals surface area contributed by atoms with Crippen LogP contribution in [0.5, 0.6) is 17.2 Å². The summed E-state index contributed by atoms with van der Waals surface area (Å²) in [6.45, 7) is 1.50. The van der Waals surface area contributed by atoms with Crippen molar-refractivity contribution in [2.75, 3.05) is 27.1 Å². The number of carbonyl (C=O) groups is 3. The smallest absolute Gasteiger partial charge is 0.302 e. The minimum absolute atomic E-state index is 0.00223. The molecule has 2 aromatic rings. The molecule has 0 atom stereocenters. The summed E-state index contributed by atoms with van der Waals surface area (Å²) in [5, 5.41) is 5.23. The third-order valence-corrected chi connectivity index (χ3v) is 4.24. The predicted octanol–water partition coefficient (Wildman–Crippen LogP) is 1.87. The van der Waals surface area contributed by atoms with E-state index in [4.69, 9.17) is 18.9 Å². The molecule has 2 N–H and O–H groups in total. The fraction of sp³-hybridized carbons (Fsp3) is 0.227. The second-order valence-electron chi connectivity index (χ2n) is 6.42. The van der Waals surface area contributed by atoms with Crippen LogP contribution in [0, 0.1) is 0 Å². The molecule has 31 heavy (non-hydrogen) atoms. The topological polar surface area (TPSA) is 112 Å². The Morgan fingerprint density at radius 3 is 2.65 bits per heavy atom. The summed E-state index contributed by atoms with van der Waals surface area (Å²) in [6, 6.07) is 11.8. The standard InChI is InChI=1S/C22H22N2O7/c1-14(25)29-10-9-23-22(27)17(11-15-7-8-19-20(12-15)31-13-30-19)24-21(26)16-5-3-4-6-18(16)28-2/h3-8,11-12H,9-10,13H2,1-2H3,(H,23,27)(H,24,26)/b17-11+. The largest absolute Gasteiger partial charge is 0.496 e. The molecule has 9 heteroatoms. The Bertz CT molecular complexity index is 1020. The maximum absolute atomic E-state index is 12.8. The first-order chi connectivity index (χ1) is 15.0. The molecule has 0 aromatic heterocycles. The first-order valence-electron chi connectivity index (χ1n) is 9.45. The highest BCUT2D eigenvalue weighted by Crippen LogP contribution is 2.33. The van der Waals surface area contributed by atoms with Gasteiger partial charge in [0.15, 0.2) is 11.5 Å². The number of amides is 2. The van der Waals surface area contributed by atoms with Crippen molar-refractivity contribution in [2.24, 2.45) is 0 Å². The first-order valence-corrected chi connectivity index (χ1v) is 9.45. The lowest BCUT2D eigenvalue weighted by molar-refractivity contribution is -0.141. The van der Waals surface area contributed by atoms with Crippen molar-refractivity contribution in [3.63, 3.8) is 0 Å². The molecule has 2 amide bonds. The van der Waals surface area contributed by atoms with Crippen molar-refractivity contribution in [3.05, 3.63) is 59.3 Å². The molecule has 0 saturated carbocycles. The van der Waals surface area contributed by atoms with Gasteiger partial charge in [-0.1, -0.05) is 18.2 Å². The quantitative estimate of drug-likeness (QED) is 0.376. The van der Waals surface area contributed by atoms with Gasteiger partial charge < -0.3 is 29.6 Å². The maximum Gasteiger partial charge on any atom is 0.302 e. The number of methoxy groups -OCH3 is 1. The fourth-order valence-electron chi connectivity index (χ4n) is 2.80. The lowest BCUT2D eigenvalue weighted by Crippen LogP contribution is -2.36. The second-order valence-corrected chi connectivity index (χ2v) is 6.42. The highest BCUT2D eigenvalue weighted by Gasteiger charge is 2.18. The number of carbonyl (C=O) groups excluding carboxylic acids is 3. The molecule has 0 aliphatic carbocycles. The van der Waals surface area contributed by atoms with Gasteiger partial charge in [-0.15, -0.1) is 0 Å². The van der Waals surface area contributed by atoms with E-state index in [0.717, 1.165) is 0 Å². The van der Waals surface area contributed by atoms with E-state index < -0.39 is 17.8 Å². The van der Waals surface area contributed by atoms with Gasteiger partial charge in [-0.25, -0.2) is 0 Å². The van der Waals surface area contributed by atoms with E-state index in [1.165, 1.54) is 20.1 Å². The van der Waals surface area contributed by atoms with Crippen LogP contribution >= 0.6 is 0 Å². The van der Waals surface area contributed by atoms with Gasteiger partial charge in [0.2, 0.25) is 6.79 Å². The van der Waals surface area contributed by atoms with E-state index in [0.29, 0.717) is 22.8 Å². The molecule has 162 valence electrons.